The number of ketones is 1. The number of carbonyl (C=O) groups is 1. The lowest BCUT2D eigenvalue weighted by atomic mass is 9.45. The minimum atomic E-state index is 0.0157. The lowest BCUT2D eigenvalue weighted by molar-refractivity contribution is -0.117. The van der Waals surface area contributed by atoms with Crippen LogP contribution in [0.3, 0.4) is 0 Å². The Kier molecular flexibility index (Phi) is 3.00. The number of hydrogen-bond donors (Lipinski definition) is 1. The molecule has 3 heteroatoms. The molecule has 0 saturated heterocycles. The van der Waals surface area contributed by atoms with E-state index >= 15 is 0 Å². The molecule has 0 unspecified atom stereocenters. The topological polar surface area (TPSA) is 61.1 Å². The Morgan fingerprint density at radius 2 is 2.08 bits per heavy atom. The SMILES string of the molecule is C[C@]12CC[C@H]3[C@@H](CC(=CO)C4=CC(=O)CC[C@@]43C)[C@@H]1[C@@H]1C[C@@H]1[C@@H]2C#N. The number of rotatable bonds is 0. The van der Waals surface area contributed by atoms with E-state index in [4.69, 9.17) is 0 Å². The molecular formula is C22H27NO2. The van der Waals surface area contributed by atoms with E-state index in [0.29, 0.717) is 30.1 Å². The summed E-state index contributed by atoms with van der Waals surface area (Å²) in [6.45, 7) is 4.70. The van der Waals surface area contributed by atoms with Crippen molar-refractivity contribution in [3.8, 4) is 6.07 Å². The first-order valence-electron chi connectivity index (χ1n) is 9.92. The molecule has 5 aliphatic rings. The zero-order valence-electron chi connectivity index (χ0n) is 15.2. The van der Waals surface area contributed by atoms with Crippen molar-refractivity contribution in [1.29, 1.82) is 5.26 Å². The highest BCUT2D eigenvalue weighted by Gasteiger charge is 2.70. The van der Waals surface area contributed by atoms with Gasteiger partial charge in [0.2, 0.25) is 0 Å². The molecule has 0 aliphatic heterocycles. The van der Waals surface area contributed by atoms with Crippen LogP contribution in [0.2, 0.25) is 0 Å². The van der Waals surface area contributed by atoms with E-state index in [2.05, 4.69) is 19.9 Å². The monoisotopic (exact) mass is 337 g/mol. The summed E-state index contributed by atoms with van der Waals surface area (Å²) >= 11 is 0. The molecule has 3 nitrogen and oxygen atoms in total. The molecule has 0 amide bonds. The van der Waals surface area contributed by atoms with Crippen molar-refractivity contribution in [2.75, 3.05) is 0 Å². The van der Waals surface area contributed by atoms with Gasteiger partial charge in [0, 0.05) is 6.42 Å². The Morgan fingerprint density at radius 3 is 2.80 bits per heavy atom. The van der Waals surface area contributed by atoms with Crippen LogP contribution >= 0.6 is 0 Å². The van der Waals surface area contributed by atoms with Crippen LogP contribution in [0.15, 0.2) is 23.5 Å². The van der Waals surface area contributed by atoms with Gasteiger partial charge in [-0.2, -0.15) is 5.26 Å². The molecular weight excluding hydrogens is 310 g/mol. The first-order chi connectivity index (χ1) is 11.9. The van der Waals surface area contributed by atoms with Crippen molar-refractivity contribution in [2.45, 2.75) is 52.4 Å². The van der Waals surface area contributed by atoms with Crippen molar-refractivity contribution >= 4 is 5.78 Å². The van der Waals surface area contributed by atoms with Crippen LogP contribution in [0.4, 0.5) is 0 Å². The largest absolute Gasteiger partial charge is 0.515 e. The van der Waals surface area contributed by atoms with Crippen molar-refractivity contribution < 1.29 is 9.90 Å². The zero-order chi connectivity index (χ0) is 17.6. The number of carbonyl (C=O) groups excluding carboxylic acids is 1. The summed E-state index contributed by atoms with van der Waals surface area (Å²) in [5.74, 6) is 3.54. The Balaban J connectivity index is 1.60. The molecule has 4 saturated carbocycles. The fourth-order valence-corrected chi connectivity index (χ4v) is 7.83. The third kappa shape index (κ3) is 1.79. The van der Waals surface area contributed by atoms with Gasteiger partial charge < -0.3 is 5.11 Å². The first kappa shape index (κ1) is 15.7. The van der Waals surface area contributed by atoms with Crippen molar-refractivity contribution in [3.63, 3.8) is 0 Å². The summed E-state index contributed by atoms with van der Waals surface area (Å²) in [5, 5.41) is 19.7. The Hall–Kier alpha value is -1.56. The summed E-state index contributed by atoms with van der Waals surface area (Å²) in [6.07, 6.45) is 9.07. The van der Waals surface area contributed by atoms with Crippen molar-refractivity contribution in [2.24, 2.45) is 46.3 Å². The predicted molar refractivity (Wildman–Crippen MR) is 94.3 cm³/mol. The molecule has 5 aliphatic carbocycles. The van der Waals surface area contributed by atoms with Crippen LogP contribution in [0.25, 0.3) is 0 Å². The molecule has 0 spiro atoms. The maximum absolute atomic E-state index is 12.0. The Morgan fingerprint density at radius 1 is 1.28 bits per heavy atom. The van der Waals surface area contributed by atoms with Crippen molar-refractivity contribution in [3.05, 3.63) is 23.5 Å². The van der Waals surface area contributed by atoms with Gasteiger partial charge in [-0.1, -0.05) is 13.8 Å². The fraction of sp³-hybridized carbons (Fsp3) is 0.727. The zero-order valence-corrected chi connectivity index (χ0v) is 15.2. The minimum Gasteiger partial charge on any atom is -0.515 e. The molecule has 8 atom stereocenters. The molecule has 0 bridgehead atoms. The smallest absolute Gasteiger partial charge is 0.156 e. The summed E-state index contributed by atoms with van der Waals surface area (Å²) in [5.41, 5.74) is 2.27. The first-order valence-corrected chi connectivity index (χ1v) is 9.92. The number of nitrogens with zero attached hydrogens (tertiary/aromatic N) is 1. The highest BCUT2D eigenvalue weighted by atomic mass is 16.2. The molecule has 0 heterocycles. The Bertz CT molecular complexity index is 758. The van der Waals surface area contributed by atoms with Crippen LogP contribution in [0, 0.1) is 57.7 Å². The maximum Gasteiger partial charge on any atom is 0.156 e. The summed E-state index contributed by atoms with van der Waals surface area (Å²) in [4.78, 5) is 12.0. The molecule has 0 aromatic rings. The van der Waals surface area contributed by atoms with Gasteiger partial charge in [-0.15, -0.1) is 0 Å². The number of hydrogen-bond acceptors (Lipinski definition) is 3. The molecule has 0 radical (unpaired) electrons. The van der Waals surface area contributed by atoms with E-state index < -0.39 is 0 Å². The van der Waals surface area contributed by atoms with E-state index in [0.717, 1.165) is 42.7 Å². The average molecular weight is 337 g/mol. The summed E-state index contributed by atoms with van der Waals surface area (Å²) in [7, 11) is 0. The van der Waals surface area contributed by atoms with E-state index in [-0.39, 0.29) is 22.5 Å². The predicted octanol–water partition coefficient (Wildman–Crippen LogP) is 4.57. The summed E-state index contributed by atoms with van der Waals surface area (Å²) < 4.78 is 0. The molecule has 25 heavy (non-hydrogen) atoms. The molecule has 0 aromatic heterocycles. The van der Waals surface area contributed by atoms with Gasteiger partial charge in [0.1, 0.15) is 0 Å². The van der Waals surface area contributed by atoms with E-state index in [9.17, 15) is 15.2 Å². The molecule has 5 rings (SSSR count). The average Bonchev–Trinajstić information content (AvgIpc) is 3.30. The van der Waals surface area contributed by atoms with Crippen LogP contribution < -0.4 is 0 Å². The second kappa shape index (κ2) is 4.78. The highest BCUT2D eigenvalue weighted by molar-refractivity contribution is 5.92. The van der Waals surface area contributed by atoms with E-state index in [1.54, 1.807) is 0 Å². The number of allylic oxidation sites excluding steroid dienone is 2. The third-order valence-corrected chi connectivity index (χ3v) is 8.95. The van der Waals surface area contributed by atoms with Gasteiger partial charge in [-0.3, -0.25) is 4.79 Å². The van der Waals surface area contributed by atoms with Gasteiger partial charge in [0.05, 0.1) is 18.2 Å². The normalized spacial score (nSPS) is 54.7. The van der Waals surface area contributed by atoms with Gasteiger partial charge in [0.15, 0.2) is 5.78 Å². The van der Waals surface area contributed by atoms with Gasteiger partial charge in [-0.05, 0) is 89.7 Å². The van der Waals surface area contributed by atoms with E-state index in [1.807, 2.05) is 6.08 Å². The standard InChI is InChI=1S/C22H27NO2/c1-21-5-3-13(25)8-18(21)12(11-24)7-16-17(21)4-6-22(2)19(10-23)14-9-15(14)20(16)22/h8,11,14-17,19-20,24H,3-7,9H2,1-2H3/t14-,15+,16+,17-,19-,20-,21+,22+/m0/s1. The van der Waals surface area contributed by atoms with E-state index in [1.165, 1.54) is 12.7 Å². The lowest BCUT2D eigenvalue weighted by Crippen LogP contribution is -2.52. The molecule has 132 valence electrons. The second-order valence-corrected chi connectivity index (χ2v) is 9.81. The lowest BCUT2D eigenvalue weighted by Gasteiger charge is -2.58. The Labute approximate surface area is 149 Å². The molecule has 1 N–H and O–H groups in total. The van der Waals surface area contributed by atoms with Crippen LogP contribution in [0.5, 0.6) is 0 Å². The molecule has 4 fully saturated rings. The third-order valence-electron chi connectivity index (χ3n) is 8.95. The quantitative estimate of drug-likeness (QED) is 0.659. The number of aliphatic hydroxyl groups excluding tert-OH is 1. The van der Waals surface area contributed by atoms with Crippen LogP contribution in [-0.2, 0) is 4.79 Å². The number of nitriles is 1. The van der Waals surface area contributed by atoms with Gasteiger partial charge in [-0.25, -0.2) is 0 Å². The van der Waals surface area contributed by atoms with Crippen LogP contribution in [0.1, 0.15) is 52.4 Å². The molecule has 0 aromatic carbocycles. The maximum atomic E-state index is 12.0. The van der Waals surface area contributed by atoms with Gasteiger partial charge >= 0.3 is 0 Å². The van der Waals surface area contributed by atoms with Crippen molar-refractivity contribution in [1.82, 2.24) is 0 Å². The summed E-state index contributed by atoms with van der Waals surface area (Å²) in [6, 6.07) is 2.67. The van der Waals surface area contributed by atoms with Gasteiger partial charge in [0.25, 0.3) is 0 Å². The fourth-order valence-electron chi connectivity index (χ4n) is 7.83. The second-order valence-electron chi connectivity index (χ2n) is 9.81. The number of fused-ring (bicyclic) bond motifs is 7. The minimum absolute atomic E-state index is 0.0157. The van der Waals surface area contributed by atoms with Crippen LogP contribution in [-0.4, -0.2) is 10.9 Å². The highest BCUT2D eigenvalue weighted by Crippen LogP contribution is 2.75. The number of aliphatic hydroxyl groups is 1.